The molecule has 140 valence electrons. The molecule has 1 aliphatic heterocycles. The number of hydrogen-bond acceptors (Lipinski definition) is 4. The molecule has 8 heteroatoms. The van der Waals surface area contributed by atoms with Crippen molar-refractivity contribution in [3.63, 3.8) is 0 Å². The number of benzene rings is 1. The number of hydrogen-bond donors (Lipinski definition) is 1. The van der Waals surface area contributed by atoms with Crippen LogP contribution in [0.5, 0.6) is 0 Å². The molecule has 1 fully saturated rings. The maximum Gasteiger partial charge on any atom is 0.224 e. The maximum absolute atomic E-state index is 12.4. The number of piperidine rings is 1. The molecular weight excluding hydrogens is 352 g/mol. The van der Waals surface area contributed by atoms with Crippen LogP contribution in [0.1, 0.15) is 24.2 Å². The van der Waals surface area contributed by atoms with Crippen LogP contribution in [0.15, 0.2) is 36.7 Å². The molecule has 0 spiro atoms. The largest absolute Gasteiger partial charge is 0.352 e. The molecule has 1 atom stereocenters. The summed E-state index contributed by atoms with van der Waals surface area (Å²) in [7, 11) is -3.24. The highest BCUT2D eigenvalue weighted by atomic mass is 32.2. The molecule has 2 aromatic rings. The molecule has 1 aliphatic rings. The lowest BCUT2D eigenvalue weighted by atomic mass is 9.99. The third-order valence-electron chi connectivity index (χ3n) is 4.73. The van der Waals surface area contributed by atoms with E-state index in [0.717, 1.165) is 23.5 Å². The van der Waals surface area contributed by atoms with Crippen molar-refractivity contribution in [1.82, 2.24) is 19.2 Å². The number of imidazole rings is 1. The number of amides is 1. The number of nitrogens with zero attached hydrogens (tertiary/aromatic N) is 3. The Morgan fingerprint density at radius 3 is 2.65 bits per heavy atom. The molecule has 2 heterocycles. The second-order valence-electron chi connectivity index (χ2n) is 6.69. The van der Waals surface area contributed by atoms with E-state index in [1.807, 2.05) is 42.0 Å². The van der Waals surface area contributed by atoms with Gasteiger partial charge in [-0.05, 0) is 37.5 Å². The quantitative estimate of drug-likeness (QED) is 0.856. The second-order valence-corrected chi connectivity index (χ2v) is 8.67. The molecule has 26 heavy (non-hydrogen) atoms. The van der Waals surface area contributed by atoms with Crippen LogP contribution in [-0.4, -0.2) is 47.5 Å². The molecule has 0 unspecified atom stereocenters. The van der Waals surface area contributed by atoms with Crippen molar-refractivity contribution in [2.75, 3.05) is 19.3 Å². The molecular formula is C18H24N4O3S. The third kappa shape index (κ3) is 4.31. The standard InChI is InChI=1S/C18H24N4O3S/c1-14-19-9-11-22(14)17-7-5-15(6-8-17)12-20-18(23)16-4-3-10-21(13-16)26(2,24)25/h5-9,11,16H,3-4,10,12-13H2,1-2H3,(H,20,23)/t16-/m0/s1. The van der Waals surface area contributed by atoms with Crippen LogP contribution < -0.4 is 5.32 Å². The Morgan fingerprint density at radius 2 is 2.04 bits per heavy atom. The fourth-order valence-corrected chi connectivity index (χ4v) is 4.13. The average Bonchev–Trinajstić information content (AvgIpc) is 3.05. The molecule has 0 bridgehead atoms. The minimum atomic E-state index is -3.24. The van der Waals surface area contributed by atoms with Gasteiger partial charge in [-0.2, -0.15) is 0 Å². The summed E-state index contributed by atoms with van der Waals surface area (Å²) in [5.41, 5.74) is 2.02. The van der Waals surface area contributed by atoms with E-state index in [-0.39, 0.29) is 18.4 Å². The number of rotatable bonds is 5. The van der Waals surface area contributed by atoms with Crippen molar-refractivity contribution < 1.29 is 13.2 Å². The van der Waals surface area contributed by atoms with E-state index in [2.05, 4.69) is 10.3 Å². The molecule has 3 rings (SSSR count). The normalized spacial score (nSPS) is 18.6. The van der Waals surface area contributed by atoms with Gasteiger partial charge in [0.1, 0.15) is 5.82 Å². The average molecular weight is 376 g/mol. The summed E-state index contributed by atoms with van der Waals surface area (Å²) in [5.74, 6) is 0.540. The van der Waals surface area contributed by atoms with Gasteiger partial charge in [-0.1, -0.05) is 12.1 Å². The summed E-state index contributed by atoms with van der Waals surface area (Å²) < 4.78 is 26.7. The Kier molecular flexibility index (Phi) is 5.43. The fraction of sp³-hybridized carbons (Fsp3) is 0.444. The van der Waals surface area contributed by atoms with Gasteiger partial charge >= 0.3 is 0 Å². The van der Waals surface area contributed by atoms with Crippen molar-refractivity contribution >= 4 is 15.9 Å². The molecule has 1 aromatic heterocycles. The lowest BCUT2D eigenvalue weighted by molar-refractivity contribution is -0.126. The highest BCUT2D eigenvalue weighted by molar-refractivity contribution is 7.88. The first-order valence-electron chi connectivity index (χ1n) is 8.66. The van der Waals surface area contributed by atoms with Crippen molar-refractivity contribution in [3.8, 4) is 5.69 Å². The van der Waals surface area contributed by atoms with Gasteiger partial charge in [0.15, 0.2) is 0 Å². The van der Waals surface area contributed by atoms with Crippen LogP contribution >= 0.6 is 0 Å². The van der Waals surface area contributed by atoms with Crippen molar-refractivity contribution in [1.29, 1.82) is 0 Å². The Hall–Kier alpha value is -2.19. The van der Waals surface area contributed by atoms with Gasteiger partial charge in [0.05, 0.1) is 12.2 Å². The van der Waals surface area contributed by atoms with Gasteiger partial charge in [-0.15, -0.1) is 0 Å². The second kappa shape index (κ2) is 7.59. The smallest absolute Gasteiger partial charge is 0.224 e. The number of nitrogens with one attached hydrogen (secondary N) is 1. The summed E-state index contributed by atoms with van der Waals surface area (Å²) in [6.45, 7) is 3.14. The Balaban J connectivity index is 1.57. The van der Waals surface area contributed by atoms with Gasteiger partial charge in [0.2, 0.25) is 15.9 Å². The van der Waals surface area contributed by atoms with E-state index in [0.29, 0.717) is 19.5 Å². The Labute approximate surface area is 154 Å². The lowest BCUT2D eigenvalue weighted by Gasteiger charge is -2.30. The molecule has 1 N–H and O–H groups in total. The third-order valence-corrected chi connectivity index (χ3v) is 6.00. The first kappa shape index (κ1) is 18.6. The molecule has 7 nitrogen and oxygen atoms in total. The van der Waals surface area contributed by atoms with Crippen LogP contribution in [0.4, 0.5) is 0 Å². The van der Waals surface area contributed by atoms with Gasteiger partial charge in [0, 0.05) is 37.7 Å². The van der Waals surface area contributed by atoms with E-state index in [1.165, 1.54) is 10.6 Å². The van der Waals surface area contributed by atoms with E-state index < -0.39 is 10.0 Å². The number of carbonyl (C=O) groups excluding carboxylic acids is 1. The molecule has 0 aliphatic carbocycles. The fourth-order valence-electron chi connectivity index (χ4n) is 3.22. The zero-order valence-corrected chi connectivity index (χ0v) is 15.9. The van der Waals surface area contributed by atoms with Crippen LogP contribution in [0.25, 0.3) is 5.69 Å². The molecule has 1 amide bonds. The highest BCUT2D eigenvalue weighted by Gasteiger charge is 2.29. The lowest BCUT2D eigenvalue weighted by Crippen LogP contribution is -2.44. The van der Waals surface area contributed by atoms with Crippen molar-refractivity contribution in [2.24, 2.45) is 5.92 Å². The zero-order valence-electron chi connectivity index (χ0n) is 15.1. The molecule has 0 saturated carbocycles. The van der Waals surface area contributed by atoms with Crippen LogP contribution in [0.3, 0.4) is 0 Å². The van der Waals surface area contributed by atoms with Crippen molar-refractivity contribution in [3.05, 3.63) is 48.0 Å². The summed E-state index contributed by atoms with van der Waals surface area (Å²) in [6, 6.07) is 7.92. The predicted molar refractivity (Wildman–Crippen MR) is 99.3 cm³/mol. The van der Waals surface area contributed by atoms with E-state index in [4.69, 9.17) is 0 Å². The van der Waals surface area contributed by atoms with Gasteiger partial charge in [-0.25, -0.2) is 17.7 Å². The first-order chi connectivity index (χ1) is 12.3. The summed E-state index contributed by atoms with van der Waals surface area (Å²) in [5, 5.41) is 2.93. The summed E-state index contributed by atoms with van der Waals surface area (Å²) >= 11 is 0. The molecule has 0 radical (unpaired) electrons. The van der Waals surface area contributed by atoms with Gasteiger partial charge in [0.25, 0.3) is 0 Å². The number of aryl methyl sites for hydroxylation is 1. The summed E-state index contributed by atoms with van der Waals surface area (Å²) in [6.07, 6.45) is 6.29. The van der Waals surface area contributed by atoms with Crippen LogP contribution in [0, 0.1) is 12.8 Å². The summed E-state index contributed by atoms with van der Waals surface area (Å²) in [4.78, 5) is 16.6. The van der Waals surface area contributed by atoms with E-state index in [1.54, 1.807) is 6.20 Å². The van der Waals surface area contributed by atoms with Crippen molar-refractivity contribution in [2.45, 2.75) is 26.3 Å². The topological polar surface area (TPSA) is 84.3 Å². The minimum absolute atomic E-state index is 0.0899. The van der Waals surface area contributed by atoms with Crippen LogP contribution in [0.2, 0.25) is 0 Å². The number of carbonyl (C=O) groups is 1. The molecule has 1 saturated heterocycles. The Bertz CT molecular complexity index is 874. The minimum Gasteiger partial charge on any atom is -0.352 e. The van der Waals surface area contributed by atoms with E-state index >= 15 is 0 Å². The number of sulfonamides is 1. The maximum atomic E-state index is 12.4. The zero-order chi connectivity index (χ0) is 18.7. The first-order valence-corrected chi connectivity index (χ1v) is 10.5. The van der Waals surface area contributed by atoms with Gasteiger partial charge < -0.3 is 9.88 Å². The number of aromatic nitrogens is 2. The SMILES string of the molecule is Cc1nccn1-c1ccc(CNC(=O)[C@H]2CCCN(S(C)(=O)=O)C2)cc1. The molecule has 1 aromatic carbocycles. The highest BCUT2D eigenvalue weighted by Crippen LogP contribution is 2.19. The van der Waals surface area contributed by atoms with Gasteiger partial charge in [-0.3, -0.25) is 4.79 Å². The monoisotopic (exact) mass is 376 g/mol. The van der Waals surface area contributed by atoms with E-state index in [9.17, 15) is 13.2 Å². The Morgan fingerprint density at radius 1 is 1.31 bits per heavy atom. The van der Waals surface area contributed by atoms with Crippen LogP contribution in [-0.2, 0) is 21.4 Å². The predicted octanol–water partition coefficient (Wildman–Crippen LogP) is 1.47.